The van der Waals surface area contributed by atoms with E-state index in [9.17, 15) is 19.1 Å². The summed E-state index contributed by atoms with van der Waals surface area (Å²) in [5.74, 6) is -3.75. The maximum absolute atomic E-state index is 15.2. The van der Waals surface area contributed by atoms with Crippen molar-refractivity contribution in [2.45, 2.75) is 72.0 Å². The number of fused-ring (bicyclic) bond motifs is 5. The Bertz CT molecular complexity index is 818. The van der Waals surface area contributed by atoms with Gasteiger partial charge in [0.1, 0.15) is 11.9 Å². The summed E-state index contributed by atoms with van der Waals surface area (Å²) in [4.78, 5) is 23.9. The van der Waals surface area contributed by atoms with Crippen LogP contribution in [0.4, 0.5) is 8.78 Å². The van der Waals surface area contributed by atoms with Gasteiger partial charge in [-0.2, -0.15) is 4.39 Å². The zero-order valence-corrected chi connectivity index (χ0v) is 17.5. The van der Waals surface area contributed by atoms with Gasteiger partial charge in [-0.3, -0.25) is 9.59 Å². The number of aliphatic hydroxyl groups is 1. The second-order valence-corrected chi connectivity index (χ2v) is 9.95. The van der Waals surface area contributed by atoms with Gasteiger partial charge in [-0.1, -0.05) is 26.3 Å². The van der Waals surface area contributed by atoms with Gasteiger partial charge in [0, 0.05) is 23.2 Å². The van der Waals surface area contributed by atoms with Gasteiger partial charge in [0.2, 0.25) is 11.6 Å². The third-order valence-electron chi connectivity index (χ3n) is 8.48. The second kappa shape index (κ2) is 6.73. The minimum absolute atomic E-state index is 0.0227. The zero-order chi connectivity index (χ0) is 21.3. The molecule has 4 aliphatic carbocycles. The average Bonchev–Trinajstić information content (AvgIpc) is 2.91. The Balaban J connectivity index is 1.74. The van der Waals surface area contributed by atoms with Gasteiger partial charge in [-0.25, -0.2) is 4.39 Å². The molecule has 0 aliphatic heterocycles. The third-order valence-corrected chi connectivity index (χ3v) is 8.48. The van der Waals surface area contributed by atoms with Crippen LogP contribution in [0.5, 0.6) is 0 Å². The molecule has 3 fully saturated rings. The molecule has 1 N–H and O–H groups in total. The summed E-state index contributed by atoms with van der Waals surface area (Å²) < 4.78 is 35.3. The molecule has 0 saturated heterocycles. The molecular formula is C23H30F2O4. The first-order valence-corrected chi connectivity index (χ1v) is 10.7. The van der Waals surface area contributed by atoms with Crippen molar-refractivity contribution in [1.82, 2.24) is 0 Å². The number of carbonyl (C=O) groups excluding carboxylic acids is 2. The first kappa shape index (κ1) is 20.7. The van der Waals surface area contributed by atoms with E-state index in [4.69, 9.17) is 4.74 Å². The van der Waals surface area contributed by atoms with Crippen molar-refractivity contribution in [3.63, 3.8) is 0 Å². The second-order valence-electron chi connectivity index (χ2n) is 9.95. The van der Waals surface area contributed by atoms with Crippen molar-refractivity contribution in [2.75, 3.05) is 0 Å². The predicted octanol–water partition coefficient (Wildman–Crippen LogP) is 4.43. The average molecular weight is 408 g/mol. The van der Waals surface area contributed by atoms with Crippen LogP contribution >= 0.6 is 0 Å². The molecule has 8 atom stereocenters. The molecule has 0 amide bonds. The van der Waals surface area contributed by atoms with E-state index in [1.54, 1.807) is 13.8 Å². The number of carbonyl (C=O) groups is 2. The maximum atomic E-state index is 15.2. The highest BCUT2D eigenvalue weighted by atomic mass is 19.2. The van der Waals surface area contributed by atoms with E-state index < -0.39 is 40.3 Å². The molecule has 0 radical (unpaired) electrons. The van der Waals surface area contributed by atoms with E-state index >= 15 is 4.39 Å². The lowest BCUT2D eigenvalue weighted by atomic mass is 9.47. The van der Waals surface area contributed by atoms with Crippen LogP contribution in [0.15, 0.2) is 23.3 Å². The minimum atomic E-state index is -1.33. The first-order chi connectivity index (χ1) is 13.6. The number of halogens is 2. The predicted molar refractivity (Wildman–Crippen MR) is 103 cm³/mol. The van der Waals surface area contributed by atoms with Gasteiger partial charge in [0.15, 0.2) is 0 Å². The summed E-state index contributed by atoms with van der Waals surface area (Å²) in [6.07, 6.45) is 2.81. The summed E-state index contributed by atoms with van der Waals surface area (Å²) in [7, 11) is 0. The Morgan fingerprint density at radius 2 is 2.03 bits per heavy atom. The fourth-order valence-corrected chi connectivity index (χ4v) is 7.23. The molecule has 29 heavy (non-hydrogen) atoms. The molecule has 0 bridgehead atoms. The summed E-state index contributed by atoms with van der Waals surface area (Å²) >= 11 is 0. The number of aliphatic hydroxyl groups excluding tert-OH is 1. The number of allylic oxidation sites excluding steroid dienone is 4. The quantitative estimate of drug-likeness (QED) is 0.687. The Labute approximate surface area is 170 Å². The highest BCUT2D eigenvalue weighted by molar-refractivity contribution is 6.04. The van der Waals surface area contributed by atoms with Gasteiger partial charge >= 0.3 is 5.97 Å². The molecule has 4 rings (SSSR count). The van der Waals surface area contributed by atoms with Crippen molar-refractivity contribution < 1.29 is 28.2 Å². The molecule has 3 saturated carbocycles. The summed E-state index contributed by atoms with van der Waals surface area (Å²) in [6, 6.07) is 0. The van der Waals surface area contributed by atoms with Gasteiger partial charge < -0.3 is 9.84 Å². The van der Waals surface area contributed by atoms with Crippen LogP contribution in [0.2, 0.25) is 0 Å². The van der Waals surface area contributed by atoms with Crippen LogP contribution in [-0.4, -0.2) is 29.1 Å². The van der Waals surface area contributed by atoms with Gasteiger partial charge in [0.25, 0.3) is 0 Å². The normalized spacial score (nSPS) is 46.6. The Hall–Kier alpha value is -1.56. The van der Waals surface area contributed by atoms with E-state index in [-0.39, 0.29) is 29.8 Å². The van der Waals surface area contributed by atoms with Crippen molar-refractivity contribution in [3.8, 4) is 0 Å². The molecule has 6 heteroatoms. The largest absolute Gasteiger partial charge is 0.461 e. The monoisotopic (exact) mass is 408 g/mol. The van der Waals surface area contributed by atoms with E-state index in [1.165, 1.54) is 6.08 Å². The first-order valence-electron chi connectivity index (χ1n) is 10.7. The molecule has 0 spiro atoms. The number of ether oxygens (including phenoxy) is 1. The SMILES string of the molecule is CCC(=O)O[C@H]1[C@@H](C)C[C@H]2[C@@H]3CCC4=CC(=O)C(F)=C(F)[C@]4(C)[C@H]3[C@@H](O)C[C@@]21C. The standard InChI is InChI=1S/C23H30F2O4/c1-5-17(28)29-21-11(2)8-14-13-7-6-12-9-15(26)19(24)20(25)23(12,4)18(13)16(27)10-22(14,21)3/h9,11,13-14,16,18,21,27H,5-8,10H2,1-4H3/t11-,13-,14-,16-,18+,21-,22-,23-/m0/s1. The van der Waals surface area contributed by atoms with Crippen LogP contribution in [-0.2, 0) is 14.3 Å². The Kier molecular flexibility index (Phi) is 4.80. The summed E-state index contributed by atoms with van der Waals surface area (Å²) in [6.45, 7) is 7.53. The zero-order valence-electron chi connectivity index (χ0n) is 17.5. The fourth-order valence-electron chi connectivity index (χ4n) is 7.23. The number of hydrogen-bond acceptors (Lipinski definition) is 4. The van der Waals surface area contributed by atoms with Gasteiger partial charge in [-0.15, -0.1) is 0 Å². The summed E-state index contributed by atoms with van der Waals surface area (Å²) in [5.41, 5.74) is -1.10. The van der Waals surface area contributed by atoms with Crippen LogP contribution < -0.4 is 0 Å². The third kappa shape index (κ3) is 2.70. The number of hydrogen-bond donors (Lipinski definition) is 1. The van der Waals surface area contributed by atoms with Crippen LogP contribution in [0.25, 0.3) is 0 Å². The van der Waals surface area contributed by atoms with Crippen molar-refractivity contribution in [2.24, 2.45) is 34.5 Å². The molecule has 4 aliphatic rings. The maximum Gasteiger partial charge on any atom is 0.305 e. The molecule has 0 unspecified atom stereocenters. The number of ketones is 1. The van der Waals surface area contributed by atoms with Crippen LogP contribution in [0, 0.1) is 34.5 Å². The topological polar surface area (TPSA) is 63.6 Å². The Morgan fingerprint density at radius 1 is 1.34 bits per heavy atom. The number of rotatable bonds is 2. The van der Waals surface area contributed by atoms with E-state index in [0.29, 0.717) is 31.3 Å². The lowest BCUT2D eigenvalue weighted by Crippen LogP contribution is -2.57. The fraction of sp³-hybridized carbons (Fsp3) is 0.739. The molecule has 0 aromatic carbocycles. The highest BCUT2D eigenvalue weighted by Gasteiger charge is 2.66. The van der Waals surface area contributed by atoms with Gasteiger partial charge in [0.05, 0.1) is 6.10 Å². The molecular weight excluding hydrogens is 378 g/mol. The van der Waals surface area contributed by atoms with Crippen LogP contribution in [0.3, 0.4) is 0 Å². The smallest absolute Gasteiger partial charge is 0.305 e. The Morgan fingerprint density at radius 3 is 2.69 bits per heavy atom. The van der Waals surface area contributed by atoms with Gasteiger partial charge in [-0.05, 0) is 56.4 Å². The molecule has 160 valence electrons. The minimum Gasteiger partial charge on any atom is -0.461 e. The van der Waals surface area contributed by atoms with E-state index in [0.717, 1.165) is 6.42 Å². The van der Waals surface area contributed by atoms with Crippen molar-refractivity contribution in [1.29, 1.82) is 0 Å². The molecule has 0 heterocycles. The van der Waals surface area contributed by atoms with Crippen LogP contribution in [0.1, 0.15) is 59.8 Å². The summed E-state index contributed by atoms with van der Waals surface area (Å²) in [5, 5.41) is 11.2. The van der Waals surface area contributed by atoms with Crippen molar-refractivity contribution in [3.05, 3.63) is 23.3 Å². The van der Waals surface area contributed by atoms with E-state index in [2.05, 4.69) is 13.8 Å². The van der Waals surface area contributed by atoms with E-state index in [1.807, 2.05) is 0 Å². The molecule has 0 aromatic heterocycles. The molecule has 4 nitrogen and oxygen atoms in total. The van der Waals surface area contributed by atoms with Crippen molar-refractivity contribution >= 4 is 11.8 Å². The highest BCUT2D eigenvalue weighted by Crippen LogP contribution is 2.67. The lowest BCUT2D eigenvalue weighted by molar-refractivity contribution is -0.171. The lowest BCUT2D eigenvalue weighted by Gasteiger charge is -2.58. The number of esters is 1. The molecule has 0 aromatic rings.